The molecule has 4 heteroatoms. The summed E-state index contributed by atoms with van der Waals surface area (Å²) >= 11 is 5.44. The molecule has 0 atom stereocenters. The first kappa shape index (κ1) is 11.8. The van der Waals surface area contributed by atoms with Crippen LogP contribution in [0.1, 0.15) is 24.2 Å². The molecule has 0 spiro atoms. The molecule has 0 bridgehead atoms. The fourth-order valence-electron chi connectivity index (χ4n) is 0.640. The average Bonchev–Trinajstić information content (AvgIpc) is 2.13. The highest BCUT2D eigenvalue weighted by atomic mass is 35.5. The van der Waals surface area contributed by atoms with Gasteiger partial charge >= 0.3 is 5.97 Å². The molecule has 1 rings (SSSR count). The Labute approximate surface area is 81.6 Å². The quantitative estimate of drug-likeness (QED) is 0.736. The number of hydrogen-bond donors (Lipinski definition) is 2. The van der Waals surface area contributed by atoms with Gasteiger partial charge in [0.25, 0.3) is 0 Å². The third-order valence-electron chi connectivity index (χ3n) is 1.19. The van der Waals surface area contributed by atoms with Crippen LogP contribution >= 0.6 is 11.6 Å². The lowest BCUT2D eigenvalue weighted by Gasteiger charge is -1.96. The van der Waals surface area contributed by atoms with E-state index in [1.165, 1.54) is 18.2 Å². The second kappa shape index (κ2) is 5.43. The number of aromatic carboxylic acids is 1. The number of aromatic hydroxyl groups is 1. The number of carboxylic acids is 1. The number of phenols is 1. The molecule has 0 saturated carbocycles. The number of halogens is 1. The minimum Gasteiger partial charge on any atom is -0.506 e. The molecular formula is C9H11ClO3. The minimum absolute atomic E-state index is 0.0462. The SMILES string of the molecule is CC.O=C(O)c1ccc(O)c(Cl)c1. The minimum atomic E-state index is -1.06. The molecule has 1 aromatic carbocycles. The number of benzene rings is 1. The van der Waals surface area contributed by atoms with Crippen LogP contribution in [0.4, 0.5) is 0 Å². The van der Waals surface area contributed by atoms with Crippen LogP contribution in [0.15, 0.2) is 18.2 Å². The van der Waals surface area contributed by atoms with E-state index in [4.69, 9.17) is 21.8 Å². The summed E-state index contributed by atoms with van der Waals surface area (Å²) in [6, 6.07) is 3.72. The van der Waals surface area contributed by atoms with E-state index in [2.05, 4.69) is 0 Å². The number of hydrogen-bond acceptors (Lipinski definition) is 2. The Balaban J connectivity index is 0.000000671. The molecule has 0 aliphatic rings. The third kappa shape index (κ3) is 3.34. The van der Waals surface area contributed by atoms with Crippen LogP contribution in [0.5, 0.6) is 5.75 Å². The highest BCUT2D eigenvalue weighted by Gasteiger charge is 2.04. The summed E-state index contributed by atoms with van der Waals surface area (Å²) in [5.41, 5.74) is 0.0628. The van der Waals surface area contributed by atoms with Gasteiger partial charge in [-0.3, -0.25) is 0 Å². The summed E-state index contributed by atoms with van der Waals surface area (Å²) in [6.07, 6.45) is 0. The first-order valence-corrected chi connectivity index (χ1v) is 4.21. The van der Waals surface area contributed by atoms with E-state index in [1.807, 2.05) is 13.8 Å². The van der Waals surface area contributed by atoms with Crippen LogP contribution in [0.25, 0.3) is 0 Å². The van der Waals surface area contributed by atoms with Crippen molar-refractivity contribution in [3.8, 4) is 5.75 Å². The predicted molar refractivity (Wildman–Crippen MR) is 51.4 cm³/mol. The highest BCUT2D eigenvalue weighted by Crippen LogP contribution is 2.23. The van der Waals surface area contributed by atoms with Crippen molar-refractivity contribution < 1.29 is 15.0 Å². The lowest BCUT2D eigenvalue weighted by molar-refractivity contribution is 0.0697. The van der Waals surface area contributed by atoms with E-state index in [-0.39, 0.29) is 16.3 Å². The van der Waals surface area contributed by atoms with Gasteiger partial charge in [0.05, 0.1) is 10.6 Å². The van der Waals surface area contributed by atoms with Crippen LogP contribution in [0.2, 0.25) is 5.02 Å². The Morgan fingerprint density at radius 2 is 1.92 bits per heavy atom. The largest absolute Gasteiger partial charge is 0.506 e. The monoisotopic (exact) mass is 202 g/mol. The van der Waals surface area contributed by atoms with Crippen molar-refractivity contribution >= 4 is 17.6 Å². The Kier molecular flexibility index (Phi) is 4.92. The van der Waals surface area contributed by atoms with E-state index in [1.54, 1.807) is 0 Å². The van der Waals surface area contributed by atoms with Crippen LogP contribution < -0.4 is 0 Å². The van der Waals surface area contributed by atoms with Gasteiger partial charge in [-0.05, 0) is 18.2 Å². The molecule has 0 aliphatic carbocycles. The van der Waals surface area contributed by atoms with Crippen molar-refractivity contribution in [2.24, 2.45) is 0 Å². The molecule has 72 valence electrons. The summed E-state index contributed by atoms with van der Waals surface area (Å²) in [5.74, 6) is -1.18. The molecule has 0 unspecified atom stereocenters. The van der Waals surface area contributed by atoms with E-state index in [0.717, 1.165) is 0 Å². The molecule has 0 fully saturated rings. The van der Waals surface area contributed by atoms with E-state index < -0.39 is 5.97 Å². The fraction of sp³-hybridized carbons (Fsp3) is 0.222. The summed E-state index contributed by atoms with van der Waals surface area (Å²) in [6.45, 7) is 4.00. The molecule has 3 nitrogen and oxygen atoms in total. The van der Waals surface area contributed by atoms with E-state index in [9.17, 15) is 4.79 Å². The van der Waals surface area contributed by atoms with Crippen molar-refractivity contribution in [2.45, 2.75) is 13.8 Å². The second-order valence-electron chi connectivity index (χ2n) is 1.97. The van der Waals surface area contributed by atoms with Gasteiger partial charge in [0.2, 0.25) is 0 Å². The first-order chi connectivity index (χ1) is 6.11. The van der Waals surface area contributed by atoms with Gasteiger partial charge in [0.15, 0.2) is 0 Å². The average molecular weight is 203 g/mol. The second-order valence-corrected chi connectivity index (χ2v) is 2.38. The maximum absolute atomic E-state index is 10.3. The maximum Gasteiger partial charge on any atom is 0.335 e. The molecular weight excluding hydrogens is 192 g/mol. The lowest BCUT2D eigenvalue weighted by Crippen LogP contribution is -1.94. The van der Waals surface area contributed by atoms with Crippen LogP contribution in [-0.4, -0.2) is 16.2 Å². The van der Waals surface area contributed by atoms with Crippen molar-refractivity contribution in [3.63, 3.8) is 0 Å². The Bertz CT molecular complexity index is 297. The number of carboxylic acid groups (broad SMARTS) is 1. The van der Waals surface area contributed by atoms with Gasteiger partial charge in [0.1, 0.15) is 5.75 Å². The maximum atomic E-state index is 10.3. The van der Waals surface area contributed by atoms with E-state index in [0.29, 0.717) is 0 Å². The van der Waals surface area contributed by atoms with Crippen LogP contribution in [0, 0.1) is 0 Å². The molecule has 1 aromatic rings. The smallest absolute Gasteiger partial charge is 0.335 e. The van der Waals surface area contributed by atoms with Crippen molar-refractivity contribution in [3.05, 3.63) is 28.8 Å². The predicted octanol–water partition coefficient (Wildman–Crippen LogP) is 2.77. The zero-order valence-corrected chi connectivity index (χ0v) is 8.17. The van der Waals surface area contributed by atoms with Gasteiger partial charge in [-0.25, -0.2) is 4.79 Å². The molecule has 0 aromatic heterocycles. The molecule has 0 aliphatic heterocycles. The number of phenolic OH excluding ortho intramolecular Hbond substituents is 1. The number of rotatable bonds is 1. The van der Waals surface area contributed by atoms with Gasteiger partial charge in [-0.2, -0.15) is 0 Å². The Morgan fingerprint density at radius 1 is 1.38 bits per heavy atom. The molecule has 13 heavy (non-hydrogen) atoms. The first-order valence-electron chi connectivity index (χ1n) is 3.83. The summed E-state index contributed by atoms with van der Waals surface area (Å²) in [5, 5.41) is 17.4. The van der Waals surface area contributed by atoms with E-state index >= 15 is 0 Å². The zero-order chi connectivity index (χ0) is 10.4. The molecule has 0 saturated heterocycles. The lowest BCUT2D eigenvalue weighted by atomic mass is 10.2. The van der Waals surface area contributed by atoms with Gasteiger partial charge < -0.3 is 10.2 Å². The summed E-state index contributed by atoms with van der Waals surface area (Å²) in [7, 11) is 0. The molecule has 0 amide bonds. The van der Waals surface area contributed by atoms with Crippen LogP contribution in [-0.2, 0) is 0 Å². The zero-order valence-electron chi connectivity index (χ0n) is 7.41. The Hall–Kier alpha value is -1.22. The fourth-order valence-corrected chi connectivity index (χ4v) is 0.820. The normalized spacial score (nSPS) is 8.54. The topological polar surface area (TPSA) is 57.5 Å². The number of carbonyl (C=O) groups is 1. The van der Waals surface area contributed by atoms with Gasteiger partial charge in [-0.1, -0.05) is 25.4 Å². The molecule has 2 N–H and O–H groups in total. The third-order valence-corrected chi connectivity index (χ3v) is 1.50. The standard InChI is InChI=1S/C7H5ClO3.C2H6/c8-5-3-4(7(10)11)1-2-6(5)9;1-2/h1-3,9H,(H,10,11);1-2H3. The van der Waals surface area contributed by atoms with Crippen molar-refractivity contribution in [1.29, 1.82) is 0 Å². The molecule has 0 heterocycles. The molecule has 0 radical (unpaired) electrons. The van der Waals surface area contributed by atoms with Crippen molar-refractivity contribution in [2.75, 3.05) is 0 Å². The summed E-state index contributed by atoms with van der Waals surface area (Å²) in [4.78, 5) is 10.3. The van der Waals surface area contributed by atoms with Gasteiger partial charge in [0, 0.05) is 0 Å². The highest BCUT2D eigenvalue weighted by molar-refractivity contribution is 6.32. The Morgan fingerprint density at radius 3 is 2.31 bits per heavy atom. The summed E-state index contributed by atoms with van der Waals surface area (Å²) < 4.78 is 0. The van der Waals surface area contributed by atoms with Crippen molar-refractivity contribution in [1.82, 2.24) is 0 Å². The van der Waals surface area contributed by atoms with Gasteiger partial charge in [-0.15, -0.1) is 0 Å². The van der Waals surface area contributed by atoms with Crippen LogP contribution in [0.3, 0.4) is 0 Å².